The van der Waals surface area contributed by atoms with Crippen molar-refractivity contribution in [1.82, 2.24) is 0 Å². The second kappa shape index (κ2) is 9.90. The number of hydrogen-bond acceptors (Lipinski definition) is 4. The van der Waals surface area contributed by atoms with Gasteiger partial charge in [0.15, 0.2) is 11.5 Å². The molecule has 0 aliphatic carbocycles. The Morgan fingerprint density at radius 2 is 1.54 bits per heavy atom. The van der Waals surface area contributed by atoms with Crippen LogP contribution in [0.2, 0.25) is 5.02 Å². The van der Waals surface area contributed by atoms with E-state index in [-0.39, 0.29) is 0 Å². The Kier molecular flexibility index (Phi) is 7.04. The molecule has 0 saturated heterocycles. The fourth-order valence-corrected chi connectivity index (χ4v) is 3.10. The molecule has 0 spiro atoms. The summed E-state index contributed by atoms with van der Waals surface area (Å²) in [5.41, 5.74) is 3.26. The summed E-state index contributed by atoms with van der Waals surface area (Å²) in [5.74, 6) is 2.13. The molecular formula is C23H24ClNO3. The van der Waals surface area contributed by atoms with E-state index in [0.717, 1.165) is 29.2 Å². The number of hydrogen-bond donors (Lipinski definition) is 1. The normalized spacial score (nSPS) is 10.4. The van der Waals surface area contributed by atoms with E-state index in [1.165, 1.54) is 5.56 Å². The molecule has 0 unspecified atom stereocenters. The second-order valence-electron chi connectivity index (χ2n) is 6.27. The summed E-state index contributed by atoms with van der Waals surface area (Å²) in [6, 6.07) is 21.9. The lowest BCUT2D eigenvalue weighted by Crippen LogP contribution is -2.04. The van der Waals surface area contributed by atoms with Gasteiger partial charge < -0.3 is 19.5 Å². The lowest BCUT2D eigenvalue weighted by atomic mass is 10.1. The fraction of sp³-hybridized carbons (Fsp3) is 0.217. The largest absolute Gasteiger partial charge is 0.495 e. The van der Waals surface area contributed by atoms with Crippen molar-refractivity contribution in [2.45, 2.75) is 13.0 Å². The summed E-state index contributed by atoms with van der Waals surface area (Å²) in [6.45, 7) is 1.24. The van der Waals surface area contributed by atoms with Crippen molar-refractivity contribution >= 4 is 17.3 Å². The zero-order chi connectivity index (χ0) is 19.8. The van der Waals surface area contributed by atoms with Gasteiger partial charge in [-0.25, -0.2) is 0 Å². The first-order chi connectivity index (χ1) is 13.7. The molecule has 28 heavy (non-hydrogen) atoms. The first kappa shape index (κ1) is 19.9. The molecule has 0 fully saturated rings. The smallest absolute Gasteiger partial charge is 0.161 e. The molecule has 0 saturated carbocycles. The number of rotatable bonds is 9. The Hall–Kier alpha value is -2.85. The number of halogens is 1. The van der Waals surface area contributed by atoms with Crippen LogP contribution in [0.25, 0.3) is 0 Å². The van der Waals surface area contributed by atoms with Crippen molar-refractivity contribution < 1.29 is 14.2 Å². The lowest BCUT2D eigenvalue weighted by molar-refractivity contribution is 0.297. The topological polar surface area (TPSA) is 39.7 Å². The molecular weight excluding hydrogens is 374 g/mol. The molecule has 3 aromatic rings. The predicted molar refractivity (Wildman–Crippen MR) is 114 cm³/mol. The van der Waals surface area contributed by atoms with Crippen molar-refractivity contribution in [1.29, 1.82) is 0 Å². The quantitative estimate of drug-likeness (QED) is 0.510. The first-order valence-corrected chi connectivity index (χ1v) is 9.48. The summed E-state index contributed by atoms with van der Waals surface area (Å²) < 4.78 is 16.6. The van der Waals surface area contributed by atoms with Crippen LogP contribution >= 0.6 is 11.6 Å². The zero-order valence-electron chi connectivity index (χ0n) is 16.1. The van der Waals surface area contributed by atoms with Crippen LogP contribution in [0.3, 0.4) is 0 Å². The molecule has 5 heteroatoms. The van der Waals surface area contributed by atoms with Crippen LogP contribution in [-0.2, 0) is 13.0 Å². The third-order valence-electron chi connectivity index (χ3n) is 4.37. The van der Waals surface area contributed by atoms with Crippen LogP contribution in [0.4, 0.5) is 5.69 Å². The maximum absolute atomic E-state index is 6.17. The van der Waals surface area contributed by atoms with Gasteiger partial charge in [0, 0.05) is 18.7 Å². The van der Waals surface area contributed by atoms with Gasteiger partial charge in [-0.05, 0) is 41.5 Å². The highest BCUT2D eigenvalue weighted by Crippen LogP contribution is 2.30. The van der Waals surface area contributed by atoms with Crippen LogP contribution in [0.15, 0.2) is 66.7 Å². The van der Waals surface area contributed by atoms with Crippen molar-refractivity contribution in [3.63, 3.8) is 0 Å². The molecule has 0 aliphatic heterocycles. The second-order valence-corrected chi connectivity index (χ2v) is 6.68. The average Bonchev–Trinajstić information content (AvgIpc) is 2.73. The standard InChI is InChI=1S/C23H24ClNO3/c1-26-21-11-9-19(15-20(21)24)25-16-18-8-10-22(23(14-18)27-2)28-13-12-17-6-4-3-5-7-17/h3-11,14-15,25H,12-13,16H2,1-2H3. The maximum Gasteiger partial charge on any atom is 0.161 e. The van der Waals surface area contributed by atoms with E-state index in [2.05, 4.69) is 17.4 Å². The van der Waals surface area contributed by atoms with Gasteiger partial charge in [-0.15, -0.1) is 0 Å². The molecule has 0 aromatic heterocycles. The predicted octanol–water partition coefficient (Wildman–Crippen LogP) is 5.59. The van der Waals surface area contributed by atoms with E-state index < -0.39 is 0 Å². The summed E-state index contributed by atoms with van der Waals surface area (Å²) in [4.78, 5) is 0. The zero-order valence-corrected chi connectivity index (χ0v) is 16.8. The van der Waals surface area contributed by atoms with Gasteiger partial charge in [-0.1, -0.05) is 48.0 Å². The Morgan fingerprint density at radius 3 is 2.25 bits per heavy atom. The van der Waals surface area contributed by atoms with Crippen LogP contribution in [0.5, 0.6) is 17.2 Å². The van der Waals surface area contributed by atoms with E-state index in [1.807, 2.05) is 54.6 Å². The van der Waals surface area contributed by atoms with Crippen LogP contribution in [-0.4, -0.2) is 20.8 Å². The number of ether oxygens (including phenoxy) is 3. The number of anilines is 1. The van der Waals surface area contributed by atoms with E-state index in [9.17, 15) is 0 Å². The highest BCUT2D eigenvalue weighted by Gasteiger charge is 2.07. The summed E-state index contributed by atoms with van der Waals surface area (Å²) in [7, 11) is 3.25. The van der Waals surface area contributed by atoms with Gasteiger partial charge >= 0.3 is 0 Å². The highest BCUT2D eigenvalue weighted by molar-refractivity contribution is 6.32. The van der Waals surface area contributed by atoms with Crippen molar-refractivity contribution in [2.24, 2.45) is 0 Å². The molecule has 4 nitrogen and oxygen atoms in total. The average molecular weight is 398 g/mol. The molecule has 0 bridgehead atoms. The molecule has 1 N–H and O–H groups in total. The van der Waals surface area contributed by atoms with Crippen molar-refractivity contribution in [3.05, 3.63) is 82.9 Å². The minimum atomic E-state index is 0.576. The first-order valence-electron chi connectivity index (χ1n) is 9.10. The Balaban J connectivity index is 1.58. The Morgan fingerprint density at radius 1 is 0.786 bits per heavy atom. The summed E-state index contributed by atoms with van der Waals surface area (Å²) >= 11 is 6.17. The summed E-state index contributed by atoms with van der Waals surface area (Å²) in [5, 5.41) is 3.93. The van der Waals surface area contributed by atoms with Gasteiger partial charge in [-0.3, -0.25) is 0 Å². The molecule has 0 aliphatic rings. The third-order valence-corrected chi connectivity index (χ3v) is 4.66. The number of benzene rings is 3. The van der Waals surface area contributed by atoms with Gasteiger partial charge in [0.05, 0.1) is 25.8 Å². The minimum absolute atomic E-state index is 0.576. The van der Waals surface area contributed by atoms with Gasteiger partial charge in [0.1, 0.15) is 5.75 Å². The summed E-state index contributed by atoms with van der Waals surface area (Å²) in [6.07, 6.45) is 0.853. The van der Waals surface area contributed by atoms with Crippen LogP contribution < -0.4 is 19.5 Å². The fourth-order valence-electron chi connectivity index (χ4n) is 2.85. The Bertz CT molecular complexity index is 900. The van der Waals surface area contributed by atoms with E-state index >= 15 is 0 Å². The molecule has 3 rings (SSSR count). The SMILES string of the molecule is COc1ccc(NCc2ccc(OCCc3ccccc3)c(OC)c2)cc1Cl. The van der Waals surface area contributed by atoms with Crippen molar-refractivity contribution in [3.8, 4) is 17.2 Å². The van der Waals surface area contributed by atoms with Crippen molar-refractivity contribution in [2.75, 3.05) is 26.1 Å². The molecule has 3 aromatic carbocycles. The molecule has 0 radical (unpaired) electrons. The van der Waals surface area contributed by atoms with Gasteiger partial charge in [0.25, 0.3) is 0 Å². The molecule has 146 valence electrons. The number of nitrogens with one attached hydrogen (secondary N) is 1. The van der Waals surface area contributed by atoms with E-state index in [0.29, 0.717) is 23.9 Å². The minimum Gasteiger partial charge on any atom is -0.495 e. The third kappa shape index (κ3) is 5.33. The molecule has 0 atom stereocenters. The monoisotopic (exact) mass is 397 g/mol. The van der Waals surface area contributed by atoms with E-state index in [4.69, 9.17) is 25.8 Å². The maximum atomic E-state index is 6.17. The van der Waals surface area contributed by atoms with Gasteiger partial charge in [0.2, 0.25) is 0 Å². The molecule has 0 amide bonds. The lowest BCUT2D eigenvalue weighted by Gasteiger charge is -2.13. The van der Waals surface area contributed by atoms with Crippen LogP contribution in [0, 0.1) is 0 Å². The molecule has 0 heterocycles. The Labute approximate surface area is 171 Å². The van der Waals surface area contributed by atoms with E-state index in [1.54, 1.807) is 14.2 Å². The number of methoxy groups -OCH3 is 2. The van der Waals surface area contributed by atoms with Gasteiger partial charge in [-0.2, -0.15) is 0 Å². The van der Waals surface area contributed by atoms with Crippen LogP contribution in [0.1, 0.15) is 11.1 Å². The highest BCUT2D eigenvalue weighted by atomic mass is 35.5.